The quantitative estimate of drug-likeness (QED) is 0.706. The van der Waals surface area contributed by atoms with Crippen molar-refractivity contribution in [3.8, 4) is 0 Å². The zero-order chi connectivity index (χ0) is 11.3. The summed E-state index contributed by atoms with van der Waals surface area (Å²) in [6, 6.07) is 0. The molecule has 1 unspecified atom stereocenters. The van der Waals surface area contributed by atoms with Crippen molar-refractivity contribution < 1.29 is 4.79 Å². The number of likely N-dealkylation sites (tertiary alicyclic amines) is 1. The lowest BCUT2D eigenvalue weighted by Gasteiger charge is -2.23. The van der Waals surface area contributed by atoms with E-state index in [0.717, 1.165) is 13.1 Å². The fourth-order valence-corrected chi connectivity index (χ4v) is 1.88. The molecule has 1 amide bonds. The monoisotopic (exact) mass is 213 g/mol. The van der Waals surface area contributed by atoms with Gasteiger partial charge in [0.05, 0.1) is 0 Å². The van der Waals surface area contributed by atoms with E-state index >= 15 is 0 Å². The molecular weight excluding hydrogens is 190 g/mol. The molecule has 0 bridgehead atoms. The molecule has 4 nitrogen and oxygen atoms in total. The standard InChI is InChI=1S/C11H23N3O/c1-10(9-12)11(15)13(2)7-8-14-5-3-4-6-14/h10H,3-9,12H2,1-2H3. The van der Waals surface area contributed by atoms with Crippen LogP contribution >= 0.6 is 0 Å². The Labute approximate surface area is 92.4 Å². The van der Waals surface area contributed by atoms with Crippen LogP contribution in [0.1, 0.15) is 19.8 Å². The third-order valence-corrected chi connectivity index (χ3v) is 3.10. The van der Waals surface area contributed by atoms with Crippen LogP contribution in [0.5, 0.6) is 0 Å². The lowest BCUT2D eigenvalue weighted by atomic mass is 10.1. The number of rotatable bonds is 5. The van der Waals surface area contributed by atoms with Gasteiger partial charge in [-0.1, -0.05) is 6.92 Å². The van der Waals surface area contributed by atoms with Crippen molar-refractivity contribution in [2.75, 3.05) is 39.8 Å². The number of hydrogen-bond acceptors (Lipinski definition) is 3. The van der Waals surface area contributed by atoms with Gasteiger partial charge in [-0.3, -0.25) is 4.79 Å². The van der Waals surface area contributed by atoms with Crippen molar-refractivity contribution in [2.24, 2.45) is 11.7 Å². The highest BCUT2D eigenvalue weighted by Crippen LogP contribution is 2.07. The van der Waals surface area contributed by atoms with Crippen LogP contribution in [0, 0.1) is 5.92 Å². The van der Waals surface area contributed by atoms with Gasteiger partial charge in [0.15, 0.2) is 0 Å². The van der Waals surface area contributed by atoms with Crippen LogP contribution in [0.4, 0.5) is 0 Å². The van der Waals surface area contributed by atoms with Gasteiger partial charge < -0.3 is 15.5 Å². The van der Waals surface area contributed by atoms with E-state index in [1.807, 2.05) is 14.0 Å². The molecule has 0 radical (unpaired) electrons. The van der Waals surface area contributed by atoms with Crippen molar-refractivity contribution in [3.63, 3.8) is 0 Å². The zero-order valence-corrected chi connectivity index (χ0v) is 9.91. The number of carbonyl (C=O) groups is 1. The first kappa shape index (κ1) is 12.5. The molecule has 1 heterocycles. The van der Waals surface area contributed by atoms with E-state index in [9.17, 15) is 4.79 Å². The maximum atomic E-state index is 11.7. The van der Waals surface area contributed by atoms with Gasteiger partial charge in [0.2, 0.25) is 5.91 Å². The minimum Gasteiger partial charge on any atom is -0.344 e. The van der Waals surface area contributed by atoms with Crippen molar-refractivity contribution in [1.82, 2.24) is 9.80 Å². The third-order valence-electron chi connectivity index (χ3n) is 3.10. The lowest BCUT2D eigenvalue weighted by Crippen LogP contribution is -2.39. The Hall–Kier alpha value is -0.610. The van der Waals surface area contributed by atoms with Gasteiger partial charge in [0.25, 0.3) is 0 Å². The average Bonchev–Trinajstić information content (AvgIpc) is 2.76. The van der Waals surface area contributed by atoms with Gasteiger partial charge in [-0.15, -0.1) is 0 Å². The molecule has 0 aromatic carbocycles. The summed E-state index contributed by atoms with van der Waals surface area (Å²) in [7, 11) is 1.87. The number of hydrogen-bond donors (Lipinski definition) is 1. The summed E-state index contributed by atoms with van der Waals surface area (Å²) < 4.78 is 0. The molecule has 1 saturated heterocycles. The molecule has 1 rings (SSSR count). The van der Waals surface area contributed by atoms with E-state index in [2.05, 4.69) is 4.90 Å². The summed E-state index contributed by atoms with van der Waals surface area (Å²) in [5, 5.41) is 0. The molecule has 0 aromatic rings. The molecule has 2 N–H and O–H groups in total. The Morgan fingerprint density at radius 2 is 2.07 bits per heavy atom. The summed E-state index contributed by atoms with van der Waals surface area (Å²) in [6.45, 7) is 6.52. The van der Waals surface area contributed by atoms with E-state index < -0.39 is 0 Å². The van der Waals surface area contributed by atoms with Crippen LogP contribution in [-0.4, -0.2) is 55.5 Å². The van der Waals surface area contributed by atoms with E-state index in [-0.39, 0.29) is 11.8 Å². The molecule has 0 aliphatic carbocycles. The first-order valence-corrected chi connectivity index (χ1v) is 5.82. The Morgan fingerprint density at radius 1 is 1.47 bits per heavy atom. The van der Waals surface area contributed by atoms with Crippen LogP contribution in [0.15, 0.2) is 0 Å². The van der Waals surface area contributed by atoms with Gasteiger partial charge in [-0.05, 0) is 25.9 Å². The van der Waals surface area contributed by atoms with Crippen molar-refractivity contribution in [2.45, 2.75) is 19.8 Å². The van der Waals surface area contributed by atoms with Crippen LogP contribution in [0.2, 0.25) is 0 Å². The molecule has 1 aliphatic heterocycles. The average molecular weight is 213 g/mol. The van der Waals surface area contributed by atoms with Gasteiger partial charge in [-0.25, -0.2) is 0 Å². The lowest BCUT2D eigenvalue weighted by molar-refractivity contribution is -0.133. The van der Waals surface area contributed by atoms with E-state index in [1.54, 1.807) is 4.90 Å². The fourth-order valence-electron chi connectivity index (χ4n) is 1.88. The van der Waals surface area contributed by atoms with Crippen molar-refractivity contribution in [1.29, 1.82) is 0 Å². The predicted octanol–water partition coefficient (Wildman–Crippen LogP) is 0.135. The Kier molecular flexibility index (Phi) is 5.05. The van der Waals surface area contributed by atoms with Gasteiger partial charge in [0, 0.05) is 32.6 Å². The summed E-state index contributed by atoms with van der Waals surface area (Å²) in [6.07, 6.45) is 2.60. The zero-order valence-electron chi connectivity index (χ0n) is 9.91. The summed E-state index contributed by atoms with van der Waals surface area (Å²) in [5.74, 6) is 0.116. The largest absolute Gasteiger partial charge is 0.344 e. The third kappa shape index (κ3) is 3.80. The normalized spacial score (nSPS) is 19.1. The van der Waals surface area contributed by atoms with Crippen LogP contribution < -0.4 is 5.73 Å². The Bertz CT molecular complexity index is 202. The minimum absolute atomic E-state index is 0.0476. The Balaban J connectivity index is 2.22. The molecule has 1 atom stereocenters. The van der Waals surface area contributed by atoms with Crippen molar-refractivity contribution >= 4 is 5.91 Å². The van der Waals surface area contributed by atoms with Crippen molar-refractivity contribution in [3.05, 3.63) is 0 Å². The highest BCUT2D eigenvalue weighted by molar-refractivity contribution is 5.78. The van der Waals surface area contributed by atoms with Gasteiger partial charge in [0.1, 0.15) is 0 Å². The van der Waals surface area contributed by atoms with E-state index in [1.165, 1.54) is 25.9 Å². The summed E-state index contributed by atoms with van der Waals surface area (Å²) in [4.78, 5) is 15.9. The minimum atomic E-state index is -0.0476. The first-order chi connectivity index (χ1) is 7.15. The number of amides is 1. The number of nitrogens with zero attached hydrogens (tertiary/aromatic N) is 2. The topological polar surface area (TPSA) is 49.6 Å². The number of carbonyl (C=O) groups excluding carboxylic acids is 1. The molecule has 0 saturated carbocycles. The number of nitrogens with two attached hydrogens (primary N) is 1. The van der Waals surface area contributed by atoms with E-state index in [4.69, 9.17) is 5.73 Å². The molecule has 0 spiro atoms. The predicted molar refractivity (Wildman–Crippen MR) is 61.5 cm³/mol. The SMILES string of the molecule is CC(CN)C(=O)N(C)CCN1CCCC1. The highest BCUT2D eigenvalue weighted by Gasteiger charge is 2.17. The second-order valence-corrected chi connectivity index (χ2v) is 4.45. The molecule has 15 heavy (non-hydrogen) atoms. The fraction of sp³-hybridized carbons (Fsp3) is 0.909. The molecule has 4 heteroatoms. The van der Waals surface area contributed by atoms with Crippen LogP contribution in [0.3, 0.4) is 0 Å². The van der Waals surface area contributed by atoms with E-state index in [0.29, 0.717) is 6.54 Å². The molecule has 1 aliphatic rings. The molecule has 1 fully saturated rings. The molecule has 0 aromatic heterocycles. The second-order valence-electron chi connectivity index (χ2n) is 4.45. The summed E-state index contributed by atoms with van der Waals surface area (Å²) >= 11 is 0. The molecular formula is C11H23N3O. The second kappa shape index (κ2) is 6.08. The van der Waals surface area contributed by atoms with Gasteiger partial charge in [-0.2, -0.15) is 0 Å². The molecule has 88 valence electrons. The Morgan fingerprint density at radius 3 is 2.60 bits per heavy atom. The first-order valence-electron chi connectivity index (χ1n) is 5.82. The maximum absolute atomic E-state index is 11.7. The number of likely N-dealkylation sites (N-methyl/N-ethyl adjacent to an activating group) is 1. The van der Waals surface area contributed by atoms with Gasteiger partial charge >= 0.3 is 0 Å². The smallest absolute Gasteiger partial charge is 0.226 e. The van der Waals surface area contributed by atoms with Crippen LogP contribution in [0.25, 0.3) is 0 Å². The highest BCUT2D eigenvalue weighted by atomic mass is 16.2. The maximum Gasteiger partial charge on any atom is 0.226 e. The van der Waals surface area contributed by atoms with Crippen LogP contribution in [-0.2, 0) is 4.79 Å². The summed E-state index contributed by atoms with van der Waals surface area (Å²) in [5.41, 5.74) is 5.47.